The topological polar surface area (TPSA) is 71.1 Å². The Labute approximate surface area is 149 Å². The molecule has 0 fully saturated rings. The zero-order valence-electron chi connectivity index (χ0n) is 13.6. The van der Waals surface area contributed by atoms with Crippen LogP contribution >= 0.6 is 11.3 Å². The van der Waals surface area contributed by atoms with Gasteiger partial charge in [0.1, 0.15) is 6.04 Å². The van der Waals surface area contributed by atoms with Gasteiger partial charge in [0.2, 0.25) is 0 Å². The predicted octanol–water partition coefficient (Wildman–Crippen LogP) is 3.56. The average molecular weight is 351 g/mol. The minimum atomic E-state index is -0.807. The predicted molar refractivity (Wildman–Crippen MR) is 98.6 cm³/mol. The molecule has 0 saturated heterocycles. The van der Waals surface area contributed by atoms with E-state index >= 15 is 0 Å². The molecule has 0 saturated carbocycles. The third-order valence-electron chi connectivity index (χ3n) is 3.56. The van der Waals surface area contributed by atoms with Crippen LogP contribution < -0.4 is 10.6 Å². The summed E-state index contributed by atoms with van der Waals surface area (Å²) in [5.74, 6) is -0.634. The molecule has 2 amide bonds. The van der Waals surface area contributed by atoms with Gasteiger partial charge in [-0.2, -0.15) is 0 Å². The highest BCUT2D eigenvalue weighted by Crippen LogP contribution is 2.20. The molecule has 1 heterocycles. The molecule has 3 aromatic rings. The molecule has 0 bridgehead atoms. The van der Waals surface area contributed by atoms with E-state index < -0.39 is 6.04 Å². The van der Waals surface area contributed by atoms with Crippen LogP contribution in [0.3, 0.4) is 0 Å². The molecule has 2 aromatic carbocycles. The molecular weight excluding hydrogens is 334 g/mol. The quantitative estimate of drug-likeness (QED) is 0.738. The number of aromatic nitrogens is 1. The van der Waals surface area contributed by atoms with Gasteiger partial charge in [-0.1, -0.05) is 48.5 Å². The van der Waals surface area contributed by atoms with E-state index in [0.717, 1.165) is 4.88 Å². The van der Waals surface area contributed by atoms with Crippen LogP contribution in [0.2, 0.25) is 0 Å². The molecule has 1 aromatic heterocycles. The number of thiazole rings is 1. The number of rotatable bonds is 5. The molecule has 126 valence electrons. The number of nitrogens with one attached hydrogen (secondary N) is 2. The highest BCUT2D eigenvalue weighted by Gasteiger charge is 2.24. The van der Waals surface area contributed by atoms with Gasteiger partial charge in [0.05, 0.1) is 0 Å². The van der Waals surface area contributed by atoms with E-state index in [4.69, 9.17) is 0 Å². The van der Waals surface area contributed by atoms with Crippen molar-refractivity contribution >= 4 is 28.3 Å². The van der Waals surface area contributed by atoms with Crippen molar-refractivity contribution in [2.24, 2.45) is 0 Å². The number of amides is 2. The summed E-state index contributed by atoms with van der Waals surface area (Å²) in [5.41, 5.74) is 1.21. The number of benzene rings is 2. The van der Waals surface area contributed by atoms with Gasteiger partial charge in [-0.25, -0.2) is 4.98 Å². The van der Waals surface area contributed by atoms with Crippen molar-refractivity contribution in [1.29, 1.82) is 0 Å². The maximum atomic E-state index is 12.7. The highest BCUT2D eigenvalue weighted by molar-refractivity contribution is 7.15. The summed E-state index contributed by atoms with van der Waals surface area (Å²) >= 11 is 1.39. The monoisotopic (exact) mass is 351 g/mol. The zero-order chi connectivity index (χ0) is 17.6. The Morgan fingerprint density at radius 2 is 1.64 bits per heavy atom. The molecule has 3 rings (SSSR count). The van der Waals surface area contributed by atoms with Crippen LogP contribution in [0.25, 0.3) is 0 Å². The lowest BCUT2D eigenvalue weighted by Crippen LogP contribution is -2.37. The first kappa shape index (κ1) is 16.9. The van der Waals surface area contributed by atoms with Gasteiger partial charge in [-0.3, -0.25) is 14.9 Å². The second-order valence-corrected chi connectivity index (χ2v) is 6.68. The average Bonchev–Trinajstić information content (AvgIpc) is 3.05. The van der Waals surface area contributed by atoms with Crippen molar-refractivity contribution in [3.05, 3.63) is 82.9 Å². The Hall–Kier alpha value is -2.99. The number of carbonyl (C=O) groups is 2. The molecule has 1 atom stereocenters. The molecule has 2 N–H and O–H groups in total. The van der Waals surface area contributed by atoms with Crippen molar-refractivity contribution in [2.45, 2.75) is 13.0 Å². The van der Waals surface area contributed by atoms with E-state index in [1.807, 2.05) is 43.3 Å². The molecule has 0 radical (unpaired) electrons. The van der Waals surface area contributed by atoms with E-state index in [1.54, 1.807) is 30.5 Å². The number of hydrogen-bond donors (Lipinski definition) is 2. The Bertz CT molecular complexity index is 863. The number of aryl methyl sites for hydroxylation is 1. The van der Waals surface area contributed by atoms with Crippen LogP contribution in [0.1, 0.15) is 26.8 Å². The largest absolute Gasteiger partial charge is 0.336 e. The van der Waals surface area contributed by atoms with Crippen molar-refractivity contribution in [3.8, 4) is 0 Å². The maximum absolute atomic E-state index is 12.7. The number of nitrogens with zero attached hydrogens (tertiary/aromatic N) is 1. The van der Waals surface area contributed by atoms with Gasteiger partial charge in [0, 0.05) is 16.6 Å². The summed E-state index contributed by atoms with van der Waals surface area (Å²) in [7, 11) is 0. The van der Waals surface area contributed by atoms with Crippen LogP contribution in [0.5, 0.6) is 0 Å². The lowest BCUT2D eigenvalue weighted by atomic mass is 10.1. The third-order valence-corrected chi connectivity index (χ3v) is 4.39. The Morgan fingerprint density at radius 1 is 1.00 bits per heavy atom. The summed E-state index contributed by atoms with van der Waals surface area (Å²) in [6.45, 7) is 1.92. The van der Waals surface area contributed by atoms with Crippen molar-refractivity contribution in [1.82, 2.24) is 10.3 Å². The first-order chi connectivity index (χ1) is 12.1. The second kappa shape index (κ2) is 7.72. The molecular formula is C19H17N3O2S. The summed E-state index contributed by atoms with van der Waals surface area (Å²) in [6.07, 6.45) is 1.69. The van der Waals surface area contributed by atoms with Gasteiger partial charge >= 0.3 is 0 Å². The summed E-state index contributed by atoms with van der Waals surface area (Å²) in [6, 6.07) is 17.2. The molecule has 0 spiro atoms. The minimum Gasteiger partial charge on any atom is -0.336 e. The van der Waals surface area contributed by atoms with Crippen LogP contribution in [-0.2, 0) is 4.79 Å². The lowest BCUT2D eigenvalue weighted by Gasteiger charge is -2.18. The fourth-order valence-corrected chi connectivity index (χ4v) is 3.01. The van der Waals surface area contributed by atoms with Crippen molar-refractivity contribution in [2.75, 3.05) is 5.32 Å². The van der Waals surface area contributed by atoms with Crippen LogP contribution in [0.15, 0.2) is 66.9 Å². The Kier molecular flexibility index (Phi) is 5.20. The first-order valence-corrected chi connectivity index (χ1v) is 8.59. The normalized spacial score (nSPS) is 11.6. The maximum Gasteiger partial charge on any atom is 0.253 e. The zero-order valence-corrected chi connectivity index (χ0v) is 14.4. The smallest absolute Gasteiger partial charge is 0.253 e. The number of carbonyl (C=O) groups excluding carboxylic acids is 2. The number of anilines is 1. The molecule has 25 heavy (non-hydrogen) atoms. The van der Waals surface area contributed by atoms with Crippen LogP contribution in [0.4, 0.5) is 5.13 Å². The van der Waals surface area contributed by atoms with Gasteiger partial charge in [0.25, 0.3) is 11.8 Å². The van der Waals surface area contributed by atoms with E-state index in [2.05, 4.69) is 15.6 Å². The molecule has 5 nitrogen and oxygen atoms in total. The van der Waals surface area contributed by atoms with Gasteiger partial charge < -0.3 is 5.32 Å². The first-order valence-electron chi connectivity index (χ1n) is 7.77. The molecule has 0 aliphatic rings. The minimum absolute atomic E-state index is 0.306. The summed E-state index contributed by atoms with van der Waals surface area (Å²) < 4.78 is 0. The van der Waals surface area contributed by atoms with E-state index in [-0.39, 0.29) is 11.8 Å². The van der Waals surface area contributed by atoms with E-state index in [9.17, 15) is 9.59 Å². The molecule has 0 aliphatic carbocycles. The molecule has 0 aliphatic heterocycles. The molecule has 1 unspecified atom stereocenters. The standard InChI is InChI=1S/C19H17N3O2S/c1-13-12-20-19(25-13)22-18(24)16(14-8-4-2-5-9-14)21-17(23)15-10-6-3-7-11-15/h2-12,16H,1H3,(H,21,23)(H,20,22,24). The van der Waals surface area contributed by atoms with Crippen molar-refractivity contribution < 1.29 is 9.59 Å². The molecule has 6 heteroatoms. The fourth-order valence-electron chi connectivity index (χ4n) is 2.34. The van der Waals surface area contributed by atoms with Crippen LogP contribution in [0, 0.1) is 6.92 Å². The van der Waals surface area contributed by atoms with E-state index in [1.165, 1.54) is 11.3 Å². The third kappa shape index (κ3) is 4.30. The fraction of sp³-hybridized carbons (Fsp3) is 0.105. The number of hydrogen-bond acceptors (Lipinski definition) is 4. The van der Waals surface area contributed by atoms with Crippen molar-refractivity contribution in [3.63, 3.8) is 0 Å². The summed E-state index contributed by atoms with van der Waals surface area (Å²) in [5, 5.41) is 6.09. The van der Waals surface area contributed by atoms with Gasteiger partial charge in [-0.15, -0.1) is 11.3 Å². The Morgan fingerprint density at radius 3 is 2.24 bits per heavy atom. The summed E-state index contributed by atoms with van der Waals surface area (Å²) in [4.78, 5) is 30.4. The highest BCUT2D eigenvalue weighted by atomic mass is 32.1. The Balaban J connectivity index is 1.82. The van der Waals surface area contributed by atoms with Gasteiger partial charge in [0.15, 0.2) is 5.13 Å². The van der Waals surface area contributed by atoms with E-state index in [0.29, 0.717) is 16.3 Å². The SMILES string of the molecule is Cc1cnc(NC(=O)C(NC(=O)c2ccccc2)c2ccccc2)s1. The lowest BCUT2D eigenvalue weighted by molar-refractivity contribution is -0.118. The van der Waals surface area contributed by atoms with Crippen LogP contribution in [-0.4, -0.2) is 16.8 Å². The second-order valence-electron chi connectivity index (χ2n) is 5.45. The van der Waals surface area contributed by atoms with Gasteiger partial charge in [-0.05, 0) is 24.6 Å².